The minimum atomic E-state index is -0.352. The zero-order chi connectivity index (χ0) is 25.8. The summed E-state index contributed by atoms with van der Waals surface area (Å²) in [6, 6.07) is 8.39. The van der Waals surface area contributed by atoms with Crippen molar-refractivity contribution in [2.45, 2.75) is 81.6 Å². The van der Waals surface area contributed by atoms with Gasteiger partial charge < -0.3 is 0 Å². The summed E-state index contributed by atoms with van der Waals surface area (Å²) in [7, 11) is 0. The normalized spacial score (nSPS) is 17.6. The van der Waals surface area contributed by atoms with Gasteiger partial charge in [-0.2, -0.15) is 0 Å². The molecule has 0 heterocycles. The van der Waals surface area contributed by atoms with Gasteiger partial charge >= 0.3 is 0 Å². The number of rotatable bonds is 11. The molecule has 4 unspecified atom stereocenters. The maximum Gasteiger partial charge on any atom is 0.155 e. The van der Waals surface area contributed by atoms with Gasteiger partial charge in [0.1, 0.15) is 11.6 Å². The van der Waals surface area contributed by atoms with Crippen molar-refractivity contribution >= 4 is 22.9 Å². The van der Waals surface area contributed by atoms with E-state index in [0.717, 1.165) is 6.42 Å². The van der Waals surface area contributed by atoms with Crippen molar-refractivity contribution in [3.63, 3.8) is 0 Å². The average molecular weight is 465 g/mol. The third-order valence-electron chi connectivity index (χ3n) is 7.60. The SMILES string of the molecule is CC(=O)/C(C)=C/C(C(C)C)C(C)C(=O)C(CC(=O)C(C)CC1=CCc2ccccc21)C(C)(C)C. The van der Waals surface area contributed by atoms with Gasteiger partial charge in [-0.15, -0.1) is 0 Å². The monoisotopic (exact) mass is 464 g/mol. The molecule has 0 aliphatic heterocycles. The fraction of sp³-hybridized carbons (Fsp3) is 0.581. The highest BCUT2D eigenvalue weighted by Gasteiger charge is 2.39. The molecule has 3 nitrogen and oxygen atoms in total. The van der Waals surface area contributed by atoms with Crippen molar-refractivity contribution in [2.24, 2.45) is 35.0 Å². The van der Waals surface area contributed by atoms with Crippen LogP contribution in [0.1, 0.15) is 86.3 Å². The van der Waals surface area contributed by atoms with Gasteiger partial charge in [0.15, 0.2) is 5.78 Å². The van der Waals surface area contributed by atoms with Crippen LogP contribution >= 0.6 is 0 Å². The summed E-state index contributed by atoms with van der Waals surface area (Å²) in [6.07, 6.45) is 6.11. The summed E-state index contributed by atoms with van der Waals surface area (Å²) in [5.74, 6) is -0.241. The highest BCUT2D eigenvalue weighted by Crippen LogP contribution is 2.38. The molecule has 34 heavy (non-hydrogen) atoms. The molecule has 0 bridgehead atoms. The van der Waals surface area contributed by atoms with Gasteiger partial charge in [0.2, 0.25) is 0 Å². The van der Waals surface area contributed by atoms with Gasteiger partial charge in [-0.25, -0.2) is 0 Å². The van der Waals surface area contributed by atoms with Crippen molar-refractivity contribution in [2.75, 3.05) is 0 Å². The average Bonchev–Trinajstić information content (AvgIpc) is 3.16. The molecule has 186 valence electrons. The summed E-state index contributed by atoms with van der Waals surface area (Å²) in [5.41, 5.74) is 4.20. The lowest BCUT2D eigenvalue weighted by Crippen LogP contribution is -2.38. The second-order valence-corrected chi connectivity index (χ2v) is 11.7. The molecule has 0 spiro atoms. The number of allylic oxidation sites excluding steroid dienone is 4. The van der Waals surface area contributed by atoms with Crippen LogP contribution in [0, 0.1) is 35.0 Å². The van der Waals surface area contributed by atoms with Crippen LogP contribution in [0.4, 0.5) is 0 Å². The van der Waals surface area contributed by atoms with Gasteiger partial charge in [0, 0.05) is 24.2 Å². The van der Waals surface area contributed by atoms with Crippen molar-refractivity contribution in [3.05, 3.63) is 53.1 Å². The number of Topliss-reactive ketones (excluding diaryl/α,β-unsaturated/α-hetero) is 3. The first-order chi connectivity index (χ1) is 15.7. The van der Waals surface area contributed by atoms with Crippen molar-refractivity contribution in [1.29, 1.82) is 0 Å². The van der Waals surface area contributed by atoms with Crippen molar-refractivity contribution in [1.82, 2.24) is 0 Å². The maximum absolute atomic E-state index is 13.8. The molecule has 0 amide bonds. The molecule has 1 aromatic rings. The summed E-state index contributed by atoms with van der Waals surface area (Å²) in [6.45, 7) is 17.7. The molecule has 0 N–H and O–H groups in total. The topological polar surface area (TPSA) is 51.2 Å². The van der Waals surface area contributed by atoms with E-state index in [0.29, 0.717) is 12.0 Å². The minimum Gasteiger partial charge on any atom is -0.299 e. The first-order valence-electron chi connectivity index (χ1n) is 12.8. The molecule has 0 radical (unpaired) electrons. The molecule has 1 aromatic carbocycles. The maximum atomic E-state index is 13.8. The third-order valence-corrected chi connectivity index (χ3v) is 7.60. The molecular weight excluding hydrogens is 420 g/mol. The molecule has 4 atom stereocenters. The van der Waals surface area contributed by atoms with Crippen LogP contribution in [0.3, 0.4) is 0 Å². The highest BCUT2D eigenvalue weighted by atomic mass is 16.1. The predicted octanol–water partition coefficient (Wildman–Crippen LogP) is 7.29. The lowest BCUT2D eigenvalue weighted by atomic mass is 9.68. The van der Waals surface area contributed by atoms with E-state index in [1.807, 2.05) is 32.9 Å². The first kappa shape index (κ1) is 28.0. The Labute approximate surface area is 207 Å². The van der Waals surface area contributed by atoms with E-state index in [2.05, 4.69) is 58.9 Å². The van der Waals surface area contributed by atoms with Crippen LogP contribution in [0.2, 0.25) is 0 Å². The Hall–Kier alpha value is -2.29. The number of hydrogen-bond acceptors (Lipinski definition) is 3. The Morgan fingerprint density at radius 2 is 1.62 bits per heavy atom. The van der Waals surface area contributed by atoms with E-state index in [-0.39, 0.29) is 58.8 Å². The molecule has 0 saturated heterocycles. The lowest BCUT2D eigenvalue weighted by molar-refractivity contribution is -0.136. The first-order valence-corrected chi connectivity index (χ1v) is 12.8. The minimum absolute atomic E-state index is 0.0319. The molecule has 1 aliphatic carbocycles. The second-order valence-electron chi connectivity index (χ2n) is 11.7. The van der Waals surface area contributed by atoms with Crippen LogP contribution in [0.15, 0.2) is 42.0 Å². The zero-order valence-electron chi connectivity index (χ0n) is 22.7. The van der Waals surface area contributed by atoms with Gasteiger partial charge in [-0.1, -0.05) is 84.9 Å². The van der Waals surface area contributed by atoms with E-state index >= 15 is 0 Å². The number of benzene rings is 1. The molecular formula is C31H44O3. The second kappa shape index (κ2) is 11.4. The number of hydrogen-bond donors (Lipinski definition) is 0. The van der Waals surface area contributed by atoms with E-state index in [1.165, 1.54) is 16.7 Å². The van der Waals surface area contributed by atoms with Crippen LogP contribution < -0.4 is 0 Å². The number of carbonyl (C=O) groups is 3. The number of fused-ring (bicyclic) bond motifs is 1. The largest absolute Gasteiger partial charge is 0.299 e. The Morgan fingerprint density at radius 1 is 1.00 bits per heavy atom. The highest BCUT2D eigenvalue weighted by molar-refractivity contribution is 5.93. The smallest absolute Gasteiger partial charge is 0.155 e. The molecule has 2 rings (SSSR count). The van der Waals surface area contributed by atoms with Gasteiger partial charge in [0.25, 0.3) is 0 Å². The molecule has 0 fully saturated rings. The van der Waals surface area contributed by atoms with Crippen LogP contribution in [0.25, 0.3) is 5.57 Å². The van der Waals surface area contributed by atoms with Gasteiger partial charge in [-0.3, -0.25) is 14.4 Å². The standard InChI is InChI=1S/C31H44O3/c1-19(2)27(17-20(3)23(6)32)22(5)30(34)28(31(7,8)9)18-29(33)21(4)16-25-15-14-24-12-10-11-13-26(24)25/h10-13,15,17,19,21-22,27-28H,14,16,18H2,1-9H3/b20-17+. The van der Waals surface area contributed by atoms with Crippen molar-refractivity contribution in [3.8, 4) is 0 Å². The predicted molar refractivity (Wildman–Crippen MR) is 141 cm³/mol. The quantitative estimate of drug-likeness (QED) is 0.323. The summed E-state index contributed by atoms with van der Waals surface area (Å²) in [4.78, 5) is 39.0. The van der Waals surface area contributed by atoms with E-state index in [1.54, 1.807) is 6.92 Å². The van der Waals surface area contributed by atoms with E-state index in [9.17, 15) is 14.4 Å². The fourth-order valence-corrected chi connectivity index (χ4v) is 5.05. The summed E-state index contributed by atoms with van der Waals surface area (Å²) in [5, 5.41) is 0. The molecule has 1 aliphatic rings. The Bertz CT molecular complexity index is 971. The third kappa shape index (κ3) is 6.87. The van der Waals surface area contributed by atoms with Gasteiger partial charge in [0.05, 0.1) is 0 Å². The van der Waals surface area contributed by atoms with Crippen molar-refractivity contribution < 1.29 is 14.4 Å². The Kier molecular flexibility index (Phi) is 9.39. The van der Waals surface area contributed by atoms with E-state index in [4.69, 9.17) is 0 Å². The Morgan fingerprint density at radius 3 is 2.18 bits per heavy atom. The number of ketones is 3. The Balaban J connectivity index is 2.18. The van der Waals surface area contributed by atoms with Gasteiger partial charge in [-0.05, 0) is 66.2 Å². The molecule has 0 saturated carbocycles. The summed E-state index contributed by atoms with van der Waals surface area (Å²) < 4.78 is 0. The zero-order valence-corrected chi connectivity index (χ0v) is 22.7. The van der Waals surface area contributed by atoms with E-state index < -0.39 is 0 Å². The lowest BCUT2D eigenvalue weighted by Gasteiger charge is -2.34. The van der Waals surface area contributed by atoms with Crippen LogP contribution in [-0.2, 0) is 20.8 Å². The number of carbonyl (C=O) groups excluding carboxylic acids is 3. The van der Waals surface area contributed by atoms with Crippen LogP contribution in [0.5, 0.6) is 0 Å². The van der Waals surface area contributed by atoms with Crippen LogP contribution in [-0.4, -0.2) is 17.3 Å². The summed E-state index contributed by atoms with van der Waals surface area (Å²) >= 11 is 0. The fourth-order valence-electron chi connectivity index (χ4n) is 5.05. The molecule has 3 heteroatoms. The molecule has 0 aromatic heterocycles.